The summed E-state index contributed by atoms with van der Waals surface area (Å²) in [7, 11) is 0. The van der Waals surface area contributed by atoms with Gasteiger partial charge in [0, 0.05) is 50.1 Å². The van der Waals surface area contributed by atoms with Gasteiger partial charge in [-0.05, 0) is 0 Å². The van der Waals surface area contributed by atoms with Crippen molar-refractivity contribution in [3.05, 3.63) is 71.8 Å². The molecule has 2 aromatic rings. The van der Waals surface area contributed by atoms with Gasteiger partial charge in [-0.3, -0.25) is 28.8 Å². The maximum Gasteiger partial charge on any atom is 0.312 e. The number of carboxylic acids is 2. The fourth-order valence-corrected chi connectivity index (χ4v) is 5.79. The molecular weight excluding hydrogens is 604 g/mol. The number of carbonyl (C=O) groups is 6. The van der Waals surface area contributed by atoms with E-state index >= 15 is 0 Å². The Kier molecular flexibility index (Phi) is 11.0. The summed E-state index contributed by atoms with van der Waals surface area (Å²) in [6, 6.07) is 15.9. The lowest BCUT2D eigenvalue weighted by atomic mass is 9.83. The number of benzene rings is 2. The Hall–Kier alpha value is -4.50. The molecule has 0 aromatic heterocycles. The average molecular weight is 641 g/mol. The van der Waals surface area contributed by atoms with Crippen LogP contribution in [0.15, 0.2) is 60.7 Å². The molecule has 0 saturated carbocycles. The van der Waals surface area contributed by atoms with Crippen LogP contribution in [0.2, 0.25) is 0 Å². The van der Waals surface area contributed by atoms with Crippen molar-refractivity contribution in [1.82, 2.24) is 10.6 Å². The predicted octanol–water partition coefficient (Wildman–Crippen LogP) is 0.617. The number of aliphatic carboxylic acids is 2. The molecule has 2 aliphatic heterocycles. The molecular formula is C32H36N2O12. The van der Waals surface area contributed by atoms with Crippen molar-refractivity contribution in [2.75, 3.05) is 26.2 Å². The molecule has 2 fully saturated rings. The minimum Gasteiger partial charge on any atom is -0.481 e. The molecule has 14 heteroatoms. The second kappa shape index (κ2) is 14.7. The summed E-state index contributed by atoms with van der Waals surface area (Å²) >= 11 is 0. The van der Waals surface area contributed by atoms with Gasteiger partial charge in [0.05, 0.1) is 24.7 Å². The number of rotatable bonds is 13. The Morgan fingerprint density at radius 3 is 1.59 bits per heavy atom. The van der Waals surface area contributed by atoms with E-state index in [9.17, 15) is 49.2 Å². The van der Waals surface area contributed by atoms with E-state index in [4.69, 9.17) is 9.47 Å². The highest BCUT2D eigenvalue weighted by atomic mass is 16.7. The number of piperidine rings is 2. The molecule has 2 saturated heterocycles. The molecule has 0 spiro atoms. The predicted molar refractivity (Wildman–Crippen MR) is 157 cm³/mol. The summed E-state index contributed by atoms with van der Waals surface area (Å²) in [6.45, 7) is 0.115. The van der Waals surface area contributed by atoms with Crippen molar-refractivity contribution in [2.45, 2.75) is 37.3 Å². The molecule has 2 aliphatic rings. The van der Waals surface area contributed by atoms with E-state index < -0.39 is 83.5 Å². The van der Waals surface area contributed by atoms with Crippen molar-refractivity contribution in [3.63, 3.8) is 0 Å². The molecule has 14 nitrogen and oxygen atoms in total. The molecule has 0 amide bonds. The van der Waals surface area contributed by atoms with Gasteiger partial charge >= 0.3 is 23.9 Å². The first-order valence-corrected chi connectivity index (χ1v) is 14.8. The first-order valence-electron chi connectivity index (χ1n) is 14.8. The molecule has 0 aliphatic carbocycles. The number of carbonyl (C=O) groups excluding carboxylic acids is 4. The van der Waals surface area contributed by atoms with Crippen LogP contribution < -0.4 is 10.6 Å². The number of esters is 2. The Morgan fingerprint density at radius 1 is 0.696 bits per heavy atom. The van der Waals surface area contributed by atoms with Crippen LogP contribution in [-0.4, -0.2) is 93.6 Å². The maximum atomic E-state index is 13.6. The summed E-state index contributed by atoms with van der Waals surface area (Å²) in [5, 5.41) is 48.0. The molecule has 2 heterocycles. The lowest BCUT2D eigenvalue weighted by Gasteiger charge is -2.40. The summed E-state index contributed by atoms with van der Waals surface area (Å²) in [4.78, 5) is 77.2. The van der Waals surface area contributed by atoms with Gasteiger partial charge < -0.3 is 40.5 Å². The van der Waals surface area contributed by atoms with Crippen LogP contribution in [0, 0.1) is 23.7 Å². The monoisotopic (exact) mass is 640 g/mol. The third-order valence-corrected chi connectivity index (χ3v) is 8.31. The number of hydrogen-bond acceptors (Lipinski definition) is 12. The number of nitrogens with one attached hydrogen (secondary N) is 2. The molecule has 6 atom stereocenters. The molecule has 46 heavy (non-hydrogen) atoms. The summed E-state index contributed by atoms with van der Waals surface area (Å²) < 4.78 is 10.8. The SMILES string of the molecule is O=C(O)CC(C(=O)O)C(CC(=O)OC1(O)CCNCC1C(=O)c1ccccc1)C(=O)OC1(O)CCNCC1C(=O)c1ccccc1. The molecule has 0 radical (unpaired) electrons. The lowest BCUT2D eigenvalue weighted by molar-refractivity contribution is -0.241. The van der Waals surface area contributed by atoms with Gasteiger partial charge in [-0.25, -0.2) is 0 Å². The quantitative estimate of drug-likeness (QED) is 0.100. The highest BCUT2D eigenvalue weighted by Gasteiger charge is 2.51. The van der Waals surface area contributed by atoms with E-state index in [0.717, 1.165) is 0 Å². The highest BCUT2D eigenvalue weighted by Crippen LogP contribution is 2.34. The Balaban J connectivity index is 1.59. The van der Waals surface area contributed by atoms with Crippen LogP contribution in [0.3, 0.4) is 0 Å². The average Bonchev–Trinajstić information content (AvgIpc) is 3.02. The van der Waals surface area contributed by atoms with Gasteiger partial charge in [0.2, 0.25) is 11.6 Å². The third-order valence-electron chi connectivity index (χ3n) is 8.31. The van der Waals surface area contributed by atoms with E-state index in [1.807, 2.05) is 0 Å². The number of Topliss-reactive ketones (excluding diaryl/α,β-unsaturated/α-hetero) is 2. The first kappa shape index (κ1) is 34.4. The second-order valence-corrected chi connectivity index (χ2v) is 11.4. The third kappa shape index (κ3) is 8.01. The first-order chi connectivity index (χ1) is 21.8. The van der Waals surface area contributed by atoms with Crippen LogP contribution in [0.4, 0.5) is 0 Å². The zero-order valence-corrected chi connectivity index (χ0v) is 24.8. The van der Waals surface area contributed by atoms with Gasteiger partial charge in [0.25, 0.3) is 0 Å². The number of carboxylic acid groups (broad SMARTS) is 2. The largest absolute Gasteiger partial charge is 0.481 e. The molecule has 4 rings (SSSR count). The summed E-state index contributed by atoms with van der Waals surface area (Å²) in [5.41, 5.74) is 0.462. The Bertz CT molecular complexity index is 1450. The van der Waals surface area contributed by atoms with Crippen molar-refractivity contribution >= 4 is 35.4 Å². The standard InChI is InChI=1S/C32H36N2O12/c35-25(36)15-21(29(40)41)22(30(42)46-32(44)12-14-34-18-24(32)28(39)20-9-5-2-6-10-20)16-26(37)45-31(43)11-13-33-17-23(31)27(38)19-7-3-1-4-8-19/h1-10,21-24,33-34,43-44H,11-18H2,(H,35,36)(H,40,41). The van der Waals surface area contributed by atoms with Crippen molar-refractivity contribution in [2.24, 2.45) is 23.7 Å². The summed E-state index contributed by atoms with van der Waals surface area (Å²) in [6.07, 6.45) is -2.66. The number of ketones is 2. The van der Waals surface area contributed by atoms with E-state index in [1.165, 1.54) is 24.3 Å². The van der Waals surface area contributed by atoms with Gasteiger partial charge in [0.1, 0.15) is 11.8 Å². The van der Waals surface area contributed by atoms with Crippen LogP contribution in [0.1, 0.15) is 46.4 Å². The Labute approximate surface area is 263 Å². The summed E-state index contributed by atoms with van der Waals surface area (Å²) in [5.74, 6) is -18.6. The molecule has 246 valence electrons. The van der Waals surface area contributed by atoms with E-state index in [1.54, 1.807) is 36.4 Å². The maximum absolute atomic E-state index is 13.6. The highest BCUT2D eigenvalue weighted by molar-refractivity contribution is 5.99. The topological polar surface area (TPSA) is 226 Å². The number of hydrogen-bond donors (Lipinski definition) is 6. The Morgan fingerprint density at radius 2 is 1.15 bits per heavy atom. The van der Waals surface area contributed by atoms with Crippen LogP contribution in [0.25, 0.3) is 0 Å². The number of aliphatic hydroxyl groups is 2. The van der Waals surface area contributed by atoms with Crippen LogP contribution in [0.5, 0.6) is 0 Å². The van der Waals surface area contributed by atoms with E-state index in [0.29, 0.717) is 0 Å². The molecule has 6 N–H and O–H groups in total. The number of ether oxygens (including phenoxy) is 2. The lowest BCUT2D eigenvalue weighted by Crippen LogP contribution is -2.57. The normalized spacial score (nSPS) is 25.8. The van der Waals surface area contributed by atoms with Crippen LogP contribution >= 0.6 is 0 Å². The smallest absolute Gasteiger partial charge is 0.312 e. The second-order valence-electron chi connectivity index (χ2n) is 11.4. The van der Waals surface area contributed by atoms with Crippen molar-refractivity contribution in [1.29, 1.82) is 0 Å². The van der Waals surface area contributed by atoms with E-state index in [-0.39, 0.29) is 50.1 Å². The van der Waals surface area contributed by atoms with Gasteiger partial charge in [0.15, 0.2) is 11.6 Å². The fraction of sp³-hybridized carbons (Fsp3) is 0.438. The van der Waals surface area contributed by atoms with Gasteiger partial charge in [-0.1, -0.05) is 60.7 Å². The molecule has 2 aromatic carbocycles. The van der Waals surface area contributed by atoms with Crippen molar-refractivity contribution in [3.8, 4) is 0 Å². The van der Waals surface area contributed by atoms with Gasteiger partial charge in [-0.2, -0.15) is 0 Å². The van der Waals surface area contributed by atoms with Crippen LogP contribution in [-0.2, 0) is 28.7 Å². The fourth-order valence-electron chi connectivity index (χ4n) is 5.79. The minimum atomic E-state index is -2.43. The van der Waals surface area contributed by atoms with Crippen molar-refractivity contribution < 1.29 is 58.7 Å². The zero-order valence-electron chi connectivity index (χ0n) is 24.8. The zero-order chi connectivity index (χ0) is 33.5. The molecule has 0 bridgehead atoms. The molecule has 6 unspecified atom stereocenters. The van der Waals surface area contributed by atoms with Gasteiger partial charge in [-0.15, -0.1) is 0 Å². The minimum absolute atomic E-state index is 0.0579. The van der Waals surface area contributed by atoms with E-state index in [2.05, 4.69) is 10.6 Å².